The van der Waals surface area contributed by atoms with Crippen molar-refractivity contribution < 1.29 is 27.1 Å². The van der Waals surface area contributed by atoms with Crippen LogP contribution in [0.15, 0.2) is 0 Å². The predicted octanol–water partition coefficient (Wildman–Crippen LogP) is 0.382. The quantitative estimate of drug-likeness (QED) is 0.692. The van der Waals surface area contributed by atoms with Gasteiger partial charge >= 0.3 is 11.7 Å². The van der Waals surface area contributed by atoms with Crippen molar-refractivity contribution in [1.29, 1.82) is 0 Å². The summed E-state index contributed by atoms with van der Waals surface area (Å²) in [5, 5.41) is 8.48. The van der Waals surface area contributed by atoms with E-state index in [4.69, 9.17) is 5.11 Å². The molecule has 14 heavy (non-hydrogen) atoms. The van der Waals surface area contributed by atoms with Gasteiger partial charge in [0.05, 0.1) is 0 Å². The van der Waals surface area contributed by atoms with E-state index in [0.717, 1.165) is 0 Å². The molecule has 0 amide bonds. The fraction of sp³-hybridized carbons (Fsp3) is 0.833. The number of halogens is 2. The number of hydrogen-bond donors (Lipinski definition) is 2. The van der Waals surface area contributed by atoms with Gasteiger partial charge < -0.3 is 5.11 Å². The van der Waals surface area contributed by atoms with Gasteiger partial charge in [0.1, 0.15) is 6.04 Å². The number of rotatable bonds is 6. The molecule has 0 aliphatic carbocycles. The summed E-state index contributed by atoms with van der Waals surface area (Å²) < 4.78 is 46.3. The minimum Gasteiger partial charge on any atom is -0.480 e. The largest absolute Gasteiger partial charge is 0.480 e. The highest BCUT2D eigenvalue weighted by Gasteiger charge is 2.29. The topological polar surface area (TPSA) is 83.5 Å². The lowest BCUT2D eigenvalue weighted by Crippen LogP contribution is -2.43. The van der Waals surface area contributed by atoms with Gasteiger partial charge in [0.15, 0.2) is 0 Å². The summed E-state index contributed by atoms with van der Waals surface area (Å²) >= 11 is 0. The zero-order valence-electron chi connectivity index (χ0n) is 7.41. The van der Waals surface area contributed by atoms with Crippen molar-refractivity contribution in [3.05, 3.63) is 0 Å². The van der Waals surface area contributed by atoms with Gasteiger partial charge in [-0.05, 0) is 6.42 Å². The zero-order valence-corrected chi connectivity index (χ0v) is 8.22. The molecule has 0 aromatic heterocycles. The van der Waals surface area contributed by atoms with Crippen molar-refractivity contribution in [2.75, 3.05) is 0 Å². The van der Waals surface area contributed by atoms with Crippen LogP contribution in [0.5, 0.6) is 0 Å². The van der Waals surface area contributed by atoms with Crippen LogP contribution in [0.3, 0.4) is 0 Å². The SMILES string of the molecule is CCC[C@H](NS(=O)(=O)C(F)F)C(=O)O. The molecule has 0 rings (SSSR count). The van der Waals surface area contributed by atoms with Gasteiger partial charge in [-0.1, -0.05) is 13.3 Å². The van der Waals surface area contributed by atoms with E-state index >= 15 is 0 Å². The standard InChI is InChI=1S/C6H11F2NO4S/c1-2-3-4(5(10)11)9-14(12,13)6(7)8/h4,6,9H,2-3H2,1H3,(H,10,11)/t4-/m0/s1. The van der Waals surface area contributed by atoms with Crippen LogP contribution in [0.4, 0.5) is 8.78 Å². The van der Waals surface area contributed by atoms with E-state index in [1.54, 1.807) is 6.92 Å². The van der Waals surface area contributed by atoms with Crippen molar-refractivity contribution in [2.24, 2.45) is 0 Å². The smallest absolute Gasteiger partial charge is 0.350 e. The molecule has 0 saturated carbocycles. The number of nitrogens with one attached hydrogen (secondary N) is 1. The third kappa shape index (κ3) is 3.97. The highest BCUT2D eigenvalue weighted by Crippen LogP contribution is 2.06. The summed E-state index contributed by atoms with van der Waals surface area (Å²) in [6.07, 6.45) is 0.351. The molecule has 0 aromatic carbocycles. The number of carbonyl (C=O) groups is 1. The Labute approximate surface area is 80.2 Å². The van der Waals surface area contributed by atoms with Gasteiger partial charge in [-0.15, -0.1) is 0 Å². The van der Waals surface area contributed by atoms with Crippen LogP contribution in [0, 0.1) is 0 Å². The average molecular weight is 231 g/mol. The molecule has 0 aromatic rings. The molecule has 0 spiro atoms. The van der Waals surface area contributed by atoms with Gasteiger partial charge in [-0.3, -0.25) is 4.79 Å². The number of carboxylic acids is 1. The molecule has 2 N–H and O–H groups in total. The summed E-state index contributed by atoms with van der Waals surface area (Å²) in [5.74, 6) is -5.07. The van der Waals surface area contributed by atoms with E-state index in [2.05, 4.69) is 0 Å². The van der Waals surface area contributed by atoms with E-state index < -0.39 is 27.8 Å². The lowest BCUT2D eigenvalue weighted by molar-refractivity contribution is -0.139. The van der Waals surface area contributed by atoms with Crippen LogP contribution in [-0.4, -0.2) is 31.3 Å². The Hall–Kier alpha value is -0.760. The lowest BCUT2D eigenvalue weighted by atomic mass is 10.2. The molecule has 0 fully saturated rings. The van der Waals surface area contributed by atoms with Gasteiger partial charge in [0.2, 0.25) is 0 Å². The summed E-state index contributed by atoms with van der Waals surface area (Å²) in [7, 11) is -4.83. The Balaban J connectivity index is 4.53. The van der Waals surface area contributed by atoms with Gasteiger partial charge in [0.25, 0.3) is 10.0 Å². The van der Waals surface area contributed by atoms with Crippen LogP contribution in [0.1, 0.15) is 19.8 Å². The molecule has 0 saturated heterocycles. The van der Waals surface area contributed by atoms with E-state index in [1.165, 1.54) is 4.72 Å². The Kier molecular flexibility index (Phi) is 4.92. The molecule has 84 valence electrons. The molecule has 0 bridgehead atoms. The first-order valence-corrected chi connectivity index (χ1v) is 5.38. The monoisotopic (exact) mass is 231 g/mol. The Morgan fingerprint density at radius 1 is 1.50 bits per heavy atom. The van der Waals surface area contributed by atoms with Crippen molar-refractivity contribution in [3.63, 3.8) is 0 Å². The second-order valence-corrected chi connectivity index (χ2v) is 4.29. The van der Waals surface area contributed by atoms with Crippen molar-refractivity contribution in [2.45, 2.75) is 31.6 Å². The molecule has 0 radical (unpaired) electrons. The third-order valence-corrected chi connectivity index (χ3v) is 2.50. The summed E-state index contributed by atoms with van der Waals surface area (Å²) in [5.41, 5.74) is 0. The maximum absolute atomic E-state index is 11.8. The molecule has 0 heterocycles. The number of aliphatic carboxylic acids is 1. The number of sulfonamides is 1. The molecular weight excluding hydrogens is 220 g/mol. The van der Waals surface area contributed by atoms with Crippen LogP contribution in [-0.2, 0) is 14.8 Å². The summed E-state index contributed by atoms with van der Waals surface area (Å²) in [6, 6.07) is -1.49. The lowest BCUT2D eigenvalue weighted by Gasteiger charge is -2.12. The zero-order chi connectivity index (χ0) is 11.4. The molecule has 0 unspecified atom stereocenters. The maximum atomic E-state index is 11.8. The number of alkyl halides is 2. The second-order valence-electron chi connectivity index (χ2n) is 2.60. The minimum atomic E-state index is -4.83. The van der Waals surface area contributed by atoms with Gasteiger partial charge in [-0.25, -0.2) is 8.42 Å². The Morgan fingerprint density at radius 2 is 2.00 bits per heavy atom. The van der Waals surface area contributed by atoms with E-state index in [0.29, 0.717) is 6.42 Å². The fourth-order valence-electron chi connectivity index (χ4n) is 0.771. The van der Waals surface area contributed by atoms with E-state index in [-0.39, 0.29) is 6.42 Å². The molecule has 8 heteroatoms. The Bertz CT molecular complexity index is 290. The summed E-state index contributed by atoms with van der Waals surface area (Å²) in [4.78, 5) is 10.4. The predicted molar refractivity (Wildman–Crippen MR) is 44.4 cm³/mol. The van der Waals surface area contributed by atoms with E-state index in [1.807, 2.05) is 0 Å². The first kappa shape index (κ1) is 13.2. The molecule has 0 aliphatic rings. The van der Waals surface area contributed by atoms with E-state index in [9.17, 15) is 22.0 Å². The van der Waals surface area contributed by atoms with Gasteiger partial charge in [0, 0.05) is 0 Å². The molecule has 0 aliphatic heterocycles. The maximum Gasteiger partial charge on any atom is 0.350 e. The van der Waals surface area contributed by atoms with Crippen LogP contribution < -0.4 is 4.72 Å². The fourth-order valence-corrected chi connectivity index (χ4v) is 1.49. The normalized spacial score (nSPS) is 14.3. The van der Waals surface area contributed by atoms with Crippen LogP contribution in [0.2, 0.25) is 0 Å². The average Bonchev–Trinajstić information content (AvgIpc) is 2.02. The van der Waals surface area contributed by atoms with Gasteiger partial charge in [-0.2, -0.15) is 13.5 Å². The Morgan fingerprint density at radius 3 is 2.29 bits per heavy atom. The van der Waals surface area contributed by atoms with Crippen LogP contribution >= 0.6 is 0 Å². The second kappa shape index (κ2) is 5.20. The first-order valence-electron chi connectivity index (χ1n) is 3.83. The van der Waals surface area contributed by atoms with Crippen LogP contribution in [0.25, 0.3) is 0 Å². The molecule has 1 atom stereocenters. The van der Waals surface area contributed by atoms with Crippen molar-refractivity contribution >= 4 is 16.0 Å². The first-order chi connectivity index (χ1) is 6.31. The highest BCUT2D eigenvalue weighted by atomic mass is 32.2. The third-order valence-electron chi connectivity index (χ3n) is 1.42. The van der Waals surface area contributed by atoms with Crippen molar-refractivity contribution in [1.82, 2.24) is 4.72 Å². The number of hydrogen-bond acceptors (Lipinski definition) is 3. The minimum absolute atomic E-state index is 0.0265. The molecular formula is C6H11F2NO4S. The molecule has 5 nitrogen and oxygen atoms in total. The summed E-state index contributed by atoms with van der Waals surface area (Å²) in [6.45, 7) is 1.62. The highest BCUT2D eigenvalue weighted by molar-refractivity contribution is 7.89. The van der Waals surface area contributed by atoms with Crippen molar-refractivity contribution in [3.8, 4) is 0 Å². The number of carboxylic acid groups (broad SMARTS) is 1.